The molecule has 20 heavy (non-hydrogen) atoms. The van der Waals surface area contributed by atoms with Gasteiger partial charge in [0.05, 0.1) is 11.6 Å². The molecule has 0 saturated heterocycles. The highest BCUT2D eigenvalue weighted by Gasteiger charge is 2.30. The van der Waals surface area contributed by atoms with Gasteiger partial charge in [0.15, 0.2) is 0 Å². The molecule has 5 heteroatoms. The molecule has 0 aliphatic rings. The number of benzene rings is 1. The molecule has 0 spiro atoms. The largest absolute Gasteiger partial charge is 0.416 e. The van der Waals surface area contributed by atoms with Crippen LogP contribution in [0.4, 0.5) is 13.2 Å². The van der Waals surface area contributed by atoms with Gasteiger partial charge in [-0.3, -0.25) is 0 Å². The van der Waals surface area contributed by atoms with Crippen LogP contribution in [0.5, 0.6) is 0 Å². The summed E-state index contributed by atoms with van der Waals surface area (Å²) in [5, 5.41) is 10.3. The molecule has 0 radical (unpaired) electrons. The van der Waals surface area contributed by atoms with Crippen LogP contribution in [-0.2, 0) is 6.18 Å². The predicted octanol–water partition coefficient (Wildman–Crippen LogP) is 3.97. The summed E-state index contributed by atoms with van der Waals surface area (Å²) in [5.41, 5.74) is -0.318. The van der Waals surface area contributed by atoms with Crippen molar-refractivity contribution in [2.75, 3.05) is 0 Å². The zero-order valence-corrected chi connectivity index (χ0v) is 10.6. The van der Waals surface area contributed by atoms with E-state index in [1.54, 1.807) is 35.2 Å². The van der Waals surface area contributed by atoms with Crippen LogP contribution in [0.3, 0.4) is 0 Å². The number of aromatic nitrogens is 1. The molecule has 0 amide bonds. The fourth-order valence-electron chi connectivity index (χ4n) is 2.03. The third kappa shape index (κ3) is 2.93. The Morgan fingerprint density at radius 3 is 2.10 bits per heavy atom. The van der Waals surface area contributed by atoms with Gasteiger partial charge in [0.25, 0.3) is 0 Å². The fourth-order valence-corrected chi connectivity index (χ4v) is 2.03. The summed E-state index contributed by atoms with van der Waals surface area (Å²) in [6.45, 7) is 3.66. The second-order valence-electron chi connectivity index (χ2n) is 4.42. The minimum Gasteiger partial charge on any atom is -0.386 e. The van der Waals surface area contributed by atoms with Crippen LogP contribution in [0.15, 0.2) is 61.4 Å². The average Bonchev–Trinajstić information content (AvgIpc) is 2.92. The number of alkyl halides is 3. The molecule has 0 fully saturated rings. The van der Waals surface area contributed by atoms with Gasteiger partial charge in [-0.25, -0.2) is 0 Å². The lowest BCUT2D eigenvalue weighted by atomic mass is 10.0. The quantitative estimate of drug-likeness (QED) is 0.843. The first-order chi connectivity index (χ1) is 9.43. The maximum absolute atomic E-state index is 12.5. The van der Waals surface area contributed by atoms with Crippen molar-refractivity contribution in [1.82, 2.24) is 4.57 Å². The molecular formula is C15H14F3NO. The molecule has 0 unspecified atom stereocenters. The maximum atomic E-state index is 12.5. The Balaban J connectivity index is 2.24. The van der Waals surface area contributed by atoms with Crippen LogP contribution in [0, 0.1) is 0 Å². The molecule has 106 valence electrons. The number of aliphatic hydroxyl groups is 1. The van der Waals surface area contributed by atoms with Crippen molar-refractivity contribution in [3.05, 3.63) is 72.6 Å². The highest BCUT2D eigenvalue weighted by molar-refractivity contribution is 5.27. The molecule has 2 aromatic rings. The van der Waals surface area contributed by atoms with Crippen molar-refractivity contribution >= 4 is 0 Å². The summed E-state index contributed by atoms with van der Waals surface area (Å²) in [6.07, 6.45) is -0.245. The lowest BCUT2D eigenvalue weighted by Gasteiger charge is -2.22. The van der Waals surface area contributed by atoms with Gasteiger partial charge in [0.1, 0.15) is 6.10 Å². The second-order valence-corrected chi connectivity index (χ2v) is 4.42. The topological polar surface area (TPSA) is 25.2 Å². The number of halogens is 3. The third-order valence-electron chi connectivity index (χ3n) is 3.12. The van der Waals surface area contributed by atoms with E-state index in [1.165, 1.54) is 12.1 Å². The summed E-state index contributed by atoms with van der Waals surface area (Å²) in [7, 11) is 0. The summed E-state index contributed by atoms with van der Waals surface area (Å²) in [6, 6.07) is 7.68. The number of rotatable bonds is 4. The highest BCUT2D eigenvalue weighted by Crippen LogP contribution is 2.32. The standard InChI is InChI=1S/C15H14F3NO/c1-2-13(19-9-3-4-10-19)14(20)11-5-7-12(8-6-11)15(16,17)18/h2-10,13-14,20H,1H2/t13-,14+/m0/s1. The molecule has 1 aromatic carbocycles. The first-order valence-electron chi connectivity index (χ1n) is 6.03. The summed E-state index contributed by atoms with van der Waals surface area (Å²) >= 11 is 0. The zero-order valence-electron chi connectivity index (χ0n) is 10.6. The Hall–Kier alpha value is -2.01. The van der Waals surface area contributed by atoms with Crippen molar-refractivity contribution in [1.29, 1.82) is 0 Å². The summed E-state index contributed by atoms with van der Waals surface area (Å²) in [5.74, 6) is 0. The molecule has 0 saturated carbocycles. The van der Waals surface area contributed by atoms with Gasteiger partial charge in [-0.1, -0.05) is 18.2 Å². The van der Waals surface area contributed by atoms with Crippen molar-refractivity contribution in [2.24, 2.45) is 0 Å². The van der Waals surface area contributed by atoms with E-state index in [9.17, 15) is 18.3 Å². The molecule has 1 aromatic heterocycles. The Morgan fingerprint density at radius 1 is 1.10 bits per heavy atom. The lowest BCUT2D eigenvalue weighted by molar-refractivity contribution is -0.137. The van der Waals surface area contributed by atoms with Crippen molar-refractivity contribution in [2.45, 2.75) is 18.3 Å². The highest BCUT2D eigenvalue weighted by atomic mass is 19.4. The van der Waals surface area contributed by atoms with Gasteiger partial charge >= 0.3 is 6.18 Å². The van der Waals surface area contributed by atoms with Gasteiger partial charge < -0.3 is 9.67 Å². The van der Waals surface area contributed by atoms with E-state index in [-0.39, 0.29) is 0 Å². The Kier molecular flexibility index (Phi) is 3.99. The summed E-state index contributed by atoms with van der Waals surface area (Å²) in [4.78, 5) is 0. The second kappa shape index (κ2) is 5.54. The minimum atomic E-state index is -4.37. The van der Waals surface area contributed by atoms with E-state index in [0.29, 0.717) is 5.56 Å². The monoisotopic (exact) mass is 281 g/mol. The Bertz CT molecular complexity index is 558. The number of hydrogen-bond donors (Lipinski definition) is 1. The van der Waals surface area contributed by atoms with Gasteiger partial charge in [0.2, 0.25) is 0 Å². The third-order valence-corrected chi connectivity index (χ3v) is 3.12. The molecule has 1 heterocycles. The zero-order chi connectivity index (χ0) is 14.8. The van der Waals surface area contributed by atoms with Crippen LogP contribution in [0.1, 0.15) is 23.3 Å². The Labute approximate surface area is 114 Å². The van der Waals surface area contributed by atoms with E-state index >= 15 is 0 Å². The van der Waals surface area contributed by atoms with Crippen LogP contribution in [0.25, 0.3) is 0 Å². The lowest BCUT2D eigenvalue weighted by Crippen LogP contribution is -2.14. The SMILES string of the molecule is C=C[C@@H]([C@H](O)c1ccc(C(F)(F)F)cc1)n1cccc1. The molecule has 0 aliphatic heterocycles. The normalized spacial score (nSPS) is 14.8. The van der Waals surface area contributed by atoms with Crippen molar-refractivity contribution in [3.63, 3.8) is 0 Å². The van der Waals surface area contributed by atoms with Crippen LogP contribution in [0.2, 0.25) is 0 Å². The molecule has 2 rings (SSSR count). The van der Waals surface area contributed by atoms with Crippen LogP contribution in [-0.4, -0.2) is 9.67 Å². The Morgan fingerprint density at radius 2 is 1.65 bits per heavy atom. The molecular weight excluding hydrogens is 267 g/mol. The molecule has 2 nitrogen and oxygen atoms in total. The van der Waals surface area contributed by atoms with E-state index < -0.39 is 23.9 Å². The van der Waals surface area contributed by atoms with E-state index in [0.717, 1.165) is 12.1 Å². The van der Waals surface area contributed by atoms with Gasteiger partial charge in [-0.2, -0.15) is 13.2 Å². The predicted molar refractivity (Wildman–Crippen MR) is 70.1 cm³/mol. The van der Waals surface area contributed by atoms with Crippen molar-refractivity contribution < 1.29 is 18.3 Å². The van der Waals surface area contributed by atoms with Crippen molar-refractivity contribution in [3.8, 4) is 0 Å². The number of hydrogen-bond acceptors (Lipinski definition) is 1. The van der Waals surface area contributed by atoms with Crippen LogP contribution >= 0.6 is 0 Å². The van der Waals surface area contributed by atoms with Gasteiger partial charge in [-0.05, 0) is 29.8 Å². The maximum Gasteiger partial charge on any atom is 0.416 e. The fraction of sp³-hybridized carbons (Fsp3) is 0.200. The molecule has 0 aliphatic carbocycles. The number of nitrogens with zero attached hydrogens (tertiary/aromatic N) is 1. The van der Waals surface area contributed by atoms with Gasteiger partial charge in [-0.15, -0.1) is 6.58 Å². The average molecular weight is 281 g/mol. The molecule has 1 N–H and O–H groups in total. The smallest absolute Gasteiger partial charge is 0.386 e. The van der Waals surface area contributed by atoms with Gasteiger partial charge in [0, 0.05) is 12.4 Å². The first-order valence-corrected chi connectivity index (χ1v) is 6.03. The summed E-state index contributed by atoms with van der Waals surface area (Å²) < 4.78 is 39.2. The molecule has 0 bridgehead atoms. The number of aliphatic hydroxyl groups excluding tert-OH is 1. The minimum absolute atomic E-state index is 0.414. The van der Waals surface area contributed by atoms with Crippen LogP contribution < -0.4 is 0 Å². The molecule has 2 atom stereocenters. The van der Waals surface area contributed by atoms with E-state index in [4.69, 9.17) is 0 Å². The first kappa shape index (κ1) is 14.4. The van der Waals surface area contributed by atoms with E-state index in [2.05, 4.69) is 6.58 Å². The van der Waals surface area contributed by atoms with E-state index in [1.807, 2.05) is 0 Å².